The summed E-state index contributed by atoms with van der Waals surface area (Å²) in [6.07, 6.45) is 5.15. The van der Waals surface area contributed by atoms with Crippen molar-refractivity contribution >= 4 is 22.5 Å². The average molecular weight is 308 g/mol. The number of nitrogens with zero attached hydrogens (tertiary/aromatic N) is 1. The molecule has 1 heterocycles. The highest BCUT2D eigenvalue weighted by atomic mass is 35.5. The molecule has 0 atom stereocenters. The summed E-state index contributed by atoms with van der Waals surface area (Å²) in [7, 11) is 0. The first kappa shape index (κ1) is 14.7. The minimum Gasteiger partial charge on any atom is -0.385 e. The normalized spacial score (nSPS) is 17.8. The van der Waals surface area contributed by atoms with E-state index in [1.165, 1.54) is 6.07 Å². The predicted molar refractivity (Wildman–Crippen MR) is 83.2 cm³/mol. The van der Waals surface area contributed by atoms with Crippen LogP contribution in [0.1, 0.15) is 56.6 Å². The third-order valence-corrected chi connectivity index (χ3v) is 4.66. The Balaban J connectivity index is 2.34. The maximum atomic E-state index is 14.1. The Morgan fingerprint density at radius 2 is 1.95 bits per heavy atom. The molecule has 0 unspecified atom stereocenters. The van der Waals surface area contributed by atoms with E-state index in [2.05, 4.69) is 18.8 Å². The Bertz CT molecular complexity index is 693. The van der Waals surface area contributed by atoms with Crippen molar-refractivity contribution in [3.8, 4) is 0 Å². The van der Waals surface area contributed by atoms with Crippen molar-refractivity contribution in [1.82, 2.24) is 4.98 Å². The second kappa shape index (κ2) is 5.22. The third-order valence-electron chi connectivity index (χ3n) is 4.44. The summed E-state index contributed by atoms with van der Waals surface area (Å²) in [5.74, 6) is -0.252. The van der Waals surface area contributed by atoms with Gasteiger partial charge in [0.05, 0.1) is 5.60 Å². The van der Waals surface area contributed by atoms with Crippen molar-refractivity contribution in [2.24, 2.45) is 0 Å². The van der Waals surface area contributed by atoms with Crippen LogP contribution in [-0.2, 0) is 5.60 Å². The van der Waals surface area contributed by atoms with Crippen molar-refractivity contribution in [1.29, 1.82) is 0 Å². The zero-order valence-corrected chi connectivity index (χ0v) is 13.0. The molecule has 0 bridgehead atoms. The first-order valence-corrected chi connectivity index (χ1v) is 7.81. The maximum Gasteiger partial charge on any atom is 0.150 e. The van der Waals surface area contributed by atoms with Gasteiger partial charge in [-0.15, -0.1) is 0 Å². The molecule has 2 aromatic rings. The molecule has 112 valence electrons. The van der Waals surface area contributed by atoms with Crippen LogP contribution in [0.5, 0.6) is 0 Å². The van der Waals surface area contributed by atoms with E-state index >= 15 is 0 Å². The van der Waals surface area contributed by atoms with Crippen molar-refractivity contribution in [3.63, 3.8) is 0 Å². The Morgan fingerprint density at radius 3 is 2.57 bits per heavy atom. The van der Waals surface area contributed by atoms with Crippen LogP contribution in [0.25, 0.3) is 10.9 Å². The lowest BCUT2D eigenvalue weighted by Crippen LogP contribution is -2.24. The summed E-state index contributed by atoms with van der Waals surface area (Å²) in [6.45, 7) is 4.10. The molecule has 1 N–H and O–H groups in total. The largest absolute Gasteiger partial charge is 0.385 e. The summed E-state index contributed by atoms with van der Waals surface area (Å²) in [6, 6.07) is 3.04. The molecule has 21 heavy (non-hydrogen) atoms. The topological polar surface area (TPSA) is 33.1 Å². The van der Waals surface area contributed by atoms with Gasteiger partial charge < -0.3 is 5.11 Å². The SMILES string of the molecule is CC(C)c1c(C2(O)CCCC2)cnc2c(F)cc(Cl)cc12. The molecular formula is C17H19ClFNO. The molecule has 0 aliphatic heterocycles. The van der Waals surface area contributed by atoms with E-state index in [0.717, 1.165) is 36.8 Å². The van der Waals surface area contributed by atoms with Crippen LogP contribution < -0.4 is 0 Å². The van der Waals surface area contributed by atoms with Crippen LogP contribution in [0.4, 0.5) is 4.39 Å². The highest BCUT2D eigenvalue weighted by molar-refractivity contribution is 6.31. The van der Waals surface area contributed by atoms with Gasteiger partial charge in [-0.05, 0) is 36.5 Å². The van der Waals surface area contributed by atoms with Gasteiger partial charge in [-0.1, -0.05) is 38.3 Å². The fraction of sp³-hybridized carbons (Fsp3) is 0.471. The average Bonchev–Trinajstić information content (AvgIpc) is 2.85. The van der Waals surface area contributed by atoms with E-state index < -0.39 is 11.4 Å². The van der Waals surface area contributed by atoms with Gasteiger partial charge in [0.15, 0.2) is 5.82 Å². The van der Waals surface area contributed by atoms with Crippen LogP contribution in [0.3, 0.4) is 0 Å². The Labute approximate surface area is 129 Å². The lowest BCUT2D eigenvalue weighted by atomic mass is 9.83. The number of benzene rings is 1. The summed E-state index contributed by atoms with van der Waals surface area (Å²) in [4.78, 5) is 4.26. The van der Waals surface area contributed by atoms with E-state index in [-0.39, 0.29) is 5.92 Å². The molecule has 0 radical (unpaired) electrons. The van der Waals surface area contributed by atoms with Gasteiger partial charge in [0.25, 0.3) is 0 Å². The number of fused-ring (bicyclic) bond motifs is 1. The summed E-state index contributed by atoms with van der Waals surface area (Å²) in [5, 5.41) is 12.0. The molecule has 1 aliphatic rings. The van der Waals surface area contributed by atoms with Gasteiger partial charge in [0, 0.05) is 22.2 Å². The Kier molecular flexibility index (Phi) is 3.66. The third kappa shape index (κ3) is 2.43. The van der Waals surface area contributed by atoms with Gasteiger partial charge >= 0.3 is 0 Å². The van der Waals surface area contributed by atoms with E-state index in [1.807, 2.05) is 0 Å². The molecule has 0 saturated heterocycles. The van der Waals surface area contributed by atoms with E-state index in [4.69, 9.17) is 11.6 Å². The minimum atomic E-state index is -0.834. The molecule has 1 aliphatic carbocycles. The first-order valence-electron chi connectivity index (χ1n) is 7.43. The second-order valence-corrected chi connectivity index (χ2v) is 6.70. The van der Waals surface area contributed by atoms with Crippen LogP contribution >= 0.6 is 11.6 Å². The Morgan fingerprint density at radius 1 is 1.29 bits per heavy atom. The molecule has 0 spiro atoms. The molecule has 1 aromatic heterocycles. The number of hydrogen-bond acceptors (Lipinski definition) is 2. The van der Waals surface area contributed by atoms with E-state index in [0.29, 0.717) is 15.9 Å². The monoisotopic (exact) mass is 307 g/mol. The van der Waals surface area contributed by atoms with E-state index in [1.54, 1.807) is 12.3 Å². The van der Waals surface area contributed by atoms with Crippen molar-refractivity contribution in [2.75, 3.05) is 0 Å². The lowest BCUT2D eigenvalue weighted by molar-refractivity contribution is 0.0431. The number of aromatic nitrogens is 1. The second-order valence-electron chi connectivity index (χ2n) is 6.26. The van der Waals surface area contributed by atoms with Gasteiger partial charge in [-0.3, -0.25) is 4.98 Å². The maximum absolute atomic E-state index is 14.1. The number of pyridine rings is 1. The molecule has 1 aromatic carbocycles. The smallest absolute Gasteiger partial charge is 0.150 e. The summed E-state index contributed by atoms with van der Waals surface area (Å²) >= 11 is 6.02. The van der Waals surface area contributed by atoms with Crippen LogP contribution in [0.2, 0.25) is 5.02 Å². The Hall–Kier alpha value is -1.19. The highest BCUT2D eigenvalue weighted by Crippen LogP contribution is 2.43. The number of rotatable bonds is 2. The molecule has 3 rings (SSSR count). The molecule has 1 saturated carbocycles. The van der Waals surface area contributed by atoms with Gasteiger partial charge in [0.2, 0.25) is 0 Å². The standard InChI is InChI=1S/C17H19ClFNO/c1-10(2)15-12-7-11(18)8-14(19)16(12)20-9-13(15)17(21)5-3-4-6-17/h7-10,21H,3-6H2,1-2H3. The predicted octanol–water partition coefficient (Wildman–Crippen LogP) is 4.91. The zero-order chi connectivity index (χ0) is 15.2. The zero-order valence-electron chi connectivity index (χ0n) is 12.3. The fourth-order valence-electron chi connectivity index (χ4n) is 3.47. The van der Waals surface area contributed by atoms with Crippen molar-refractivity contribution < 1.29 is 9.50 Å². The molecule has 4 heteroatoms. The van der Waals surface area contributed by atoms with E-state index in [9.17, 15) is 9.50 Å². The van der Waals surface area contributed by atoms with Gasteiger partial charge in [-0.25, -0.2) is 4.39 Å². The lowest BCUT2D eigenvalue weighted by Gasteiger charge is -2.28. The first-order chi connectivity index (χ1) is 9.92. The van der Waals surface area contributed by atoms with Crippen molar-refractivity contribution in [3.05, 3.63) is 40.3 Å². The van der Waals surface area contributed by atoms with Crippen molar-refractivity contribution in [2.45, 2.75) is 51.0 Å². The van der Waals surface area contributed by atoms with Crippen LogP contribution in [0, 0.1) is 5.82 Å². The highest BCUT2D eigenvalue weighted by Gasteiger charge is 2.36. The number of aliphatic hydroxyl groups is 1. The number of hydrogen-bond donors (Lipinski definition) is 1. The quantitative estimate of drug-likeness (QED) is 0.855. The minimum absolute atomic E-state index is 0.160. The molecule has 0 amide bonds. The summed E-state index contributed by atoms with van der Waals surface area (Å²) in [5.41, 5.74) is 1.29. The number of halogens is 2. The summed E-state index contributed by atoms with van der Waals surface area (Å²) < 4.78 is 14.1. The fourth-order valence-corrected chi connectivity index (χ4v) is 3.67. The van der Waals surface area contributed by atoms with Crippen LogP contribution in [-0.4, -0.2) is 10.1 Å². The van der Waals surface area contributed by atoms with Gasteiger partial charge in [-0.2, -0.15) is 0 Å². The van der Waals surface area contributed by atoms with Gasteiger partial charge in [0.1, 0.15) is 5.52 Å². The molecule has 2 nitrogen and oxygen atoms in total. The van der Waals surface area contributed by atoms with Crippen LogP contribution in [0.15, 0.2) is 18.3 Å². The molecule has 1 fully saturated rings. The molecular weight excluding hydrogens is 289 g/mol.